The Morgan fingerprint density at radius 3 is 2.38 bits per heavy atom. The lowest BCUT2D eigenvalue weighted by molar-refractivity contribution is 0.0842. The largest absolute Gasteiger partial charge is 0.494 e. The summed E-state index contributed by atoms with van der Waals surface area (Å²) < 4.78 is 15.9. The molecule has 0 fully saturated rings. The number of aliphatic hydroxyl groups is 2. The van der Waals surface area contributed by atoms with Gasteiger partial charge in [-0.15, -0.1) is 0 Å². The Kier molecular flexibility index (Phi) is 9.56. The van der Waals surface area contributed by atoms with E-state index < -0.39 is 6.10 Å². The first-order valence-electron chi connectivity index (χ1n) is 7.19. The minimum atomic E-state index is -0.589. The lowest BCUT2D eigenvalue weighted by Crippen LogP contribution is -2.33. The maximum Gasteiger partial charge on any atom is 0.119 e. The second kappa shape index (κ2) is 11.3. The van der Waals surface area contributed by atoms with Crippen LogP contribution in [0.1, 0.15) is 6.92 Å². The van der Waals surface area contributed by atoms with E-state index in [-0.39, 0.29) is 13.2 Å². The van der Waals surface area contributed by atoms with Crippen molar-refractivity contribution in [1.29, 1.82) is 0 Å². The van der Waals surface area contributed by atoms with Crippen molar-refractivity contribution in [2.24, 2.45) is 0 Å². The number of hydrogen-bond donors (Lipinski definition) is 3. The van der Waals surface area contributed by atoms with Crippen LogP contribution >= 0.6 is 0 Å². The van der Waals surface area contributed by atoms with E-state index in [1.165, 1.54) is 0 Å². The molecule has 6 heteroatoms. The van der Waals surface area contributed by atoms with Gasteiger partial charge in [0.1, 0.15) is 24.2 Å². The molecule has 0 aliphatic heterocycles. The highest BCUT2D eigenvalue weighted by Gasteiger charge is 2.05. The summed E-state index contributed by atoms with van der Waals surface area (Å²) in [5, 5.41) is 21.3. The summed E-state index contributed by atoms with van der Waals surface area (Å²) in [6.07, 6.45) is -0.589. The predicted octanol–water partition coefficient (Wildman–Crippen LogP) is 0.423. The molecule has 21 heavy (non-hydrogen) atoms. The number of hydrogen-bond acceptors (Lipinski definition) is 6. The Hall–Kier alpha value is -1.34. The minimum absolute atomic E-state index is 0.0263. The topological polar surface area (TPSA) is 80.2 Å². The van der Waals surface area contributed by atoms with Crippen molar-refractivity contribution >= 4 is 0 Å². The van der Waals surface area contributed by atoms with E-state index in [0.29, 0.717) is 38.7 Å². The van der Waals surface area contributed by atoms with Gasteiger partial charge in [0, 0.05) is 13.1 Å². The molecule has 120 valence electrons. The van der Waals surface area contributed by atoms with Crippen LogP contribution in [-0.4, -0.2) is 62.4 Å². The molecule has 0 heterocycles. The molecule has 0 radical (unpaired) electrons. The Morgan fingerprint density at radius 1 is 1.10 bits per heavy atom. The lowest BCUT2D eigenvalue weighted by atomic mass is 10.3. The average molecular weight is 299 g/mol. The van der Waals surface area contributed by atoms with E-state index in [0.717, 1.165) is 5.75 Å². The maximum absolute atomic E-state index is 9.76. The quantitative estimate of drug-likeness (QED) is 0.486. The molecule has 0 saturated carbocycles. The maximum atomic E-state index is 9.76. The molecule has 0 aromatic heterocycles. The third-order valence-corrected chi connectivity index (χ3v) is 2.62. The lowest BCUT2D eigenvalue weighted by Gasteiger charge is -2.13. The molecule has 1 unspecified atom stereocenters. The molecular weight excluding hydrogens is 274 g/mol. The van der Waals surface area contributed by atoms with Gasteiger partial charge in [-0.3, -0.25) is 0 Å². The standard InChI is InChI=1S/C15H25NO5/c1-2-20-14-3-5-15(6-4-14)21-12-13(18)11-16-7-9-19-10-8-17/h3-6,13,16-18H,2,7-12H2,1H3. The summed E-state index contributed by atoms with van der Waals surface area (Å²) in [5.41, 5.74) is 0. The first-order chi connectivity index (χ1) is 10.3. The van der Waals surface area contributed by atoms with Crippen molar-refractivity contribution in [1.82, 2.24) is 5.32 Å². The van der Waals surface area contributed by atoms with Gasteiger partial charge in [0.25, 0.3) is 0 Å². The van der Waals surface area contributed by atoms with E-state index in [1.807, 2.05) is 31.2 Å². The van der Waals surface area contributed by atoms with Crippen LogP contribution < -0.4 is 14.8 Å². The number of aliphatic hydroxyl groups excluding tert-OH is 2. The van der Waals surface area contributed by atoms with E-state index in [4.69, 9.17) is 19.3 Å². The molecule has 1 aromatic rings. The van der Waals surface area contributed by atoms with E-state index in [2.05, 4.69) is 5.32 Å². The van der Waals surface area contributed by atoms with Crippen molar-refractivity contribution in [2.45, 2.75) is 13.0 Å². The number of ether oxygens (including phenoxy) is 3. The minimum Gasteiger partial charge on any atom is -0.494 e. The molecule has 0 saturated heterocycles. The smallest absolute Gasteiger partial charge is 0.119 e. The zero-order valence-electron chi connectivity index (χ0n) is 12.5. The molecular formula is C15H25NO5. The molecule has 6 nitrogen and oxygen atoms in total. The summed E-state index contributed by atoms with van der Waals surface area (Å²) >= 11 is 0. The van der Waals surface area contributed by atoms with E-state index >= 15 is 0 Å². The van der Waals surface area contributed by atoms with Gasteiger partial charge in [-0.05, 0) is 31.2 Å². The van der Waals surface area contributed by atoms with Crippen LogP contribution in [0, 0.1) is 0 Å². The van der Waals surface area contributed by atoms with Crippen molar-refractivity contribution < 1.29 is 24.4 Å². The molecule has 0 spiro atoms. The first-order valence-corrected chi connectivity index (χ1v) is 7.19. The fraction of sp³-hybridized carbons (Fsp3) is 0.600. The van der Waals surface area contributed by atoms with Gasteiger partial charge in [0.2, 0.25) is 0 Å². The van der Waals surface area contributed by atoms with Gasteiger partial charge >= 0.3 is 0 Å². The molecule has 3 N–H and O–H groups in total. The zero-order valence-corrected chi connectivity index (χ0v) is 12.5. The van der Waals surface area contributed by atoms with Crippen molar-refractivity contribution in [3.63, 3.8) is 0 Å². The van der Waals surface area contributed by atoms with Gasteiger partial charge in [-0.25, -0.2) is 0 Å². The van der Waals surface area contributed by atoms with Crippen molar-refractivity contribution in [3.05, 3.63) is 24.3 Å². The van der Waals surface area contributed by atoms with Crippen LogP contribution in [0.5, 0.6) is 11.5 Å². The van der Waals surface area contributed by atoms with Crippen LogP contribution in [-0.2, 0) is 4.74 Å². The number of benzene rings is 1. The third-order valence-electron chi connectivity index (χ3n) is 2.62. The van der Waals surface area contributed by atoms with Crippen molar-refractivity contribution in [3.8, 4) is 11.5 Å². The van der Waals surface area contributed by atoms with Crippen LogP contribution in [0.3, 0.4) is 0 Å². The van der Waals surface area contributed by atoms with Gasteiger partial charge in [-0.1, -0.05) is 0 Å². The number of rotatable bonds is 12. The SMILES string of the molecule is CCOc1ccc(OCC(O)CNCCOCCO)cc1. The Bertz CT molecular complexity index is 358. The summed E-state index contributed by atoms with van der Waals surface area (Å²) in [7, 11) is 0. The zero-order chi connectivity index (χ0) is 15.3. The summed E-state index contributed by atoms with van der Waals surface area (Å²) in [5.74, 6) is 1.50. The molecule has 0 aliphatic rings. The molecule has 1 rings (SSSR count). The molecule has 1 atom stereocenters. The van der Waals surface area contributed by atoms with E-state index in [1.54, 1.807) is 0 Å². The second-order valence-electron chi connectivity index (χ2n) is 4.41. The summed E-state index contributed by atoms with van der Waals surface area (Å²) in [4.78, 5) is 0. The third kappa shape index (κ3) is 8.52. The van der Waals surface area contributed by atoms with Gasteiger partial charge in [0.05, 0.1) is 26.4 Å². The highest BCUT2D eigenvalue weighted by molar-refractivity contribution is 5.31. The Labute approximate surface area is 125 Å². The van der Waals surface area contributed by atoms with Gasteiger partial charge < -0.3 is 29.7 Å². The first kappa shape index (κ1) is 17.7. The normalized spacial score (nSPS) is 12.1. The monoisotopic (exact) mass is 299 g/mol. The van der Waals surface area contributed by atoms with Gasteiger partial charge in [-0.2, -0.15) is 0 Å². The molecule has 0 amide bonds. The fourth-order valence-corrected chi connectivity index (χ4v) is 1.63. The predicted molar refractivity (Wildman–Crippen MR) is 79.9 cm³/mol. The highest BCUT2D eigenvalue weighted by Crippen LogP contribution is 2.17. The summed E-state index contributed by atoms with van der Waals surface area (Å²) in [6.45, 7) is 4.71. The average Bonchev–Trinajstić information content (AvgIpc) is 2.50. The van der Waals surface area contributed by atoms with Crippen LogP contribution in [0.2, 0.25) is 0 Å². The van der Waals surface area contributed by atoms with Gasteiger partial charge in [0.15, 0.2) is 0 Å². The van der Waals surface area contributed by atoms with Crippen molar-refractivity contribution in [2.75, 3.05) is 46.1 Å². The van der Waals surface area contributed by atoms with Crippen LogP contribution in [0.25, 0.3) is 0 Å². The highest BCUT2D eigenvalue weighted by atomic mass is 16.5. The van der Waals surface area contributed by atoms with E-state index in [9.17, 15) is 5.11 Å². The number of nitrogens with one attached hydrogen (secondary N) is 1. The van der Waals surface area contributed by atoms with Crippen LogP contribution in [0.15, 0.2) is 24.3 Å². The molecule has 1 aromatic carbocycles. The Balaban J connectivity index is 2.10. The second-order valence-corrected chi connectivity index (χ2v) is 4.41. The van der Waals surface area contributed by atoms with Crippen LogP contribution in [0.4, 0.5) is 0 Å². The Morgan fingerprint density at radius 2 is 1.76 bits per heavy atom. The fourth-order valence-electron chi connectivity index (χ4n) is 1.63. The summed E-state index contributed by atoms with van der Waals surface area (Å²) in [6, 6.07) is 7.30. The molecule has 0 bridgehead atoms. The molecule has 0 aliphatic carbocycles.